The maximum absolute atomic E-state index is 12.5. The molecule has 180 valence electrons. The second-order valence-electron chi connectivity index (χ2n) is 10.9. The predicted molar refractivity (Wildman–Crippen MR) is 134 cm³/mol. The molecule has 3 rings (SSSR count). The molecule has 0 spiro atoms. The highest BCUT2D eigenvalue weighted by Gasteiger charge is 2.59. The van der Waals surface area contributed by atoms with Gasteiger partial charge in [0.05, 0.1) is 12.2 Å². The Morgan fingerprint density at radius 2 is 1.88 bits per heavy atom. The minimum absolute atomic E-state index is 0.00944. The number of aliphatic hydroxyl groups is 1. The highest BCUT2D eigenvalue weighted by Crippen LogP contribution is 2.63. The van der Waals surface area contributed by atoms with Gasteiger partial charge in [-0.1, -0.05) is 57.2 Å². The zero-order valence-electron chi connectivity index (χ0n) is 20.5. The number of carbonyl (C=O) groups excluding carboxylic acids is 1. The van der Waals surface area contributed by atoms with Gasteiger partial charge < -0.3 is 14.9 Å². The molecule has 0 unspecified atom stereocenters. The van der Waals surface area contributed by atoms with Crippen molar-refractivity contribution in [1.82, 2.24) is 0 Å². The topological polar surface area (TPSA) is 66.8 Å². The van der Waals surface area contributed by atoms with Crippen molar-refractivity contribution in [3.63, 3.8) is 0 Å². The van der Waals surface area contributed by atoms with E-state index in [-0.39, 0.29) is 28.5 Å². The molecule has 0 aromatic heterocycles. The van der Waals surface area contributed by atoms with E-state index in [9.17, 15) is 15.0 Å². The van der Waals surface area contributed by atoms with Crippen LogP contribution in [0.2, 0.25) is 0 Å². The first-order valence-corrected chi connectivity index (χ1v) is 12.2. The number of carbonyl (C=O) groups is 1. The molecule has 4 nitrogen and oxygen atoms in total. The van der Waals surface area contributed by atoms with Crippen LogP contribution in [-0.2, 0) is 9.53 Å². The van der Waals surface area contributed by atoms with Gasteiger partial charge in [-0.15, -0.1) is 0 Å². The monoisotopic (exact) mass is 452 g/mol. The molecule has 2 aliphatic carbocycles. The van der Waals surface area contributed by atoms with Gasteiger partial charge in [0.25, 0.3) is 0 Å². The number of benzene rings is 1. The Morgan fingerprint density at radius 1 is 1.18 bits per heavy atom. The average Bonchev–Trinajstić information content (AvgIpc) is 2.76. The van der Waals surface area contributed by atoms with Crippen LogP contribution in [0.4, 0.5) is 0 Å². The molecule has 2 saturated carbocycles. The van der Waals surface area contributed by atoms with E-state index >= 15 is 0 Å². The molecular formula is C29H40O4. The molecule has 2 aliphatic rings. The van der Waals surface area contributed by atoms with E-state index in [1.807, 2.05) is 13.0 Å². The second kappa shape index (κ2) is 9.89. The van der Waals surface area contributed by atoms with Crippen molar-refractivity contribution in [2.75, 3.05) is 6.61 Å². The van der Waals surface area contributed by atoms with Crippen molar-refractivity contribution in [3.8, 4) is 5.75 Å². The first-order chi connectivity index (χ1) is 15.5. The van der Waals surface area contributed by atoms with Crippen LogP contribution >= 0.6 is 0 Å². The summed E-state index contributed by atoms with van der Waals surface area (Å²) in [5, 5.41) is 20.7. The summed E-state index contributed by atoms with van der Waals surface area (Å²) in [6, 6.07) is 6.69. The molecule has 4 heteroatoms. The van der Waals surface area contributed by atoms with Gasteiger partial charge in [0.15, 0.2) is 0 Å². The van der Waals surface area contributed by atoms with E-state index in [1.165, 1.54) is 6.08 Å². The Bertz CT molecular complexity index is 897. The second-order valence-corrected chi connectivity index (χ2v) is 10.9. The maximum atomic E-state index is 12.5. The largest absolute Gasteiger partial charge is 0.508 e. The van der Waals surface area contributed by atoms with E-state index < -0.39 is 5.60 Å². The Labute approximate surface area is 199 Å². The first-order valence-electron chi connectivity index (χ1n) is 12.2. The average molecular weight is 453 g/mol. The van der Waals surface area contributed by atoms with Gasteiger partial charge in [-0.25, -0.2) is 4.79 Å². The minimum Gasteiger partial charge on any atom is -0.508 e. The van der Waals surface area contributed by atoms with Crippen LogP contribution in [0.1, 0.15) is 71.3 Å². The fourth-order valence-electron chi connectivity index (χ4n) is 6.71. The van der Waals surface area contributed by atoms with E-state index in [4.69, 9.17) is 4.74 Å². The number of fused-ring (bicyclic) bond motifs is 1. The molecule has 1 aromatic carbocycles. The number of phenolic OH excluding ortho intramolecular Hbond substituents is 1. The molecule has 0 aliphatic heterocycles. The van der Waals surface area contributed by atoms with Gasteiger partial charge in [0.2, 0.25) is 0 Å². The lowest BCUT2D eigenvalue weighted by atomic mass is 9.45. The number of ether oxygens (including phenoxy) is 1. The van der Waals surface area contributed by atoms with Crippen molar-refractivity contribution >= 4 is 12.0 Å². The first kappa shape index (κ1) is 25.3. The number of phenols is 1. The smallest absolute Gasteiger partial charge is 0.330 e. The summed E-state index contributed by atoms with van der Waals surface area (Å²) in [6.07, 6.45) is 11.6. The summed E-state index contributed by atoms with van der Waals surface area (Å²) in [5.74, 6) is 0.403. The predicted octanol–water partition coefficient (Wildman–Crippen LogP) is 6.44. The number of aromatic hydroxyl groups is 1. The van der Waals surface area contributed by atoms with Crippen LogP contribution in [-0.4, -0.2) is 28.4 Å². The molecule has 2 fully saturated rings. The lowest BCUT2D eigenvalue weighted by Gasteiger charge is -2.61. The number of hydrogen-bond donors (Lipinski definition) is 2. The Balaban J connectivity index is 1.71. The fourth-order valence-corrected chi connectivity index (χ4v) is 6.71. The summed E-state index contributed by atoms with van der Waals surface area (Å²) in [7, 11) is 0. The number of rotatable bonds is 8. The molecule has 0 bridgehead atoms. The van der Waals surface area contributed by atoms with Crippen LogP contribution in [0.3, 0.4) is 0 Å². The highest BCUT2D eigenvalue weighted by atomic mass is 16.5. The third-order valence-electron chi connectivity index (χ3n) is 8.48. The molecule has 33 heavy (non-hydrogen) atoms. The van der Waals surface area contributed by atoms with Crippen LogP contribution in [0.25, 0.3) is 6.08 Å². The number of allylic oxidation sites excluding steroid dienone is 2. The van der Waals surface area contributed by atoms with Gasteiger partial charge in [0.1, 0.15) is 5.75 Å². The van der Waals surface area contributed by atoms with Gasteiger partial charge in [-0.05, 0) is 86.5 Å². The quantitative estimate of drug-likeness (QED) is 0.270. The zero-order valence-corrected chi connectivity index (χ0v) is 20.5. The Morgan fingerprint density at radius 3 is 2.55 bits per heavy atom. The van der Waals surface area contributed by atoms with Crippen molar-refractivity contribution in [3.05, 3.63) is 60.7 Å². The highest BCUT2D eigenvalue weighted by molar-refractivity contribution is 5.87. The molecule has 2 N–H and O–H groups in total. The third kappa shape index (κ3) is 5.60. The van der Waals surface area contributed by atoms with Gasteiger partial charge in [-0.3, -0.25) is 0 Å². The molecule has 0 heterocycles. The summed E-state index contributed by atoms with van der Waals surface area (Å²) in [6.45, 7) is 14.9. The standard InChI is InChI=1S/C29H40O4/c1-6-21(2)8-14-25-28(4)18-7-17-27(3,24(28)16-19-29(25,5)32)20-33-26(31)15-11-22-9-12-23(30)13-10-22/h6,9-13,15,24-25,30,32H,1-2,7-8,14,16-20H2,3-5H3/t24-,25-,27+,28-,29-/m1/s1. The molecule has 0 amide bonds. The van der Waals surface area contributed by atoms with Crippen LogP contribution in [0.15, 0.2) is 55.1 Å². The van der Waals surface area contributed by atoms with E-state index in [2.05, 4.69) is 27.0 Å². The van der Waals surface area contributed by atoms with Crippen LogP contribution in [0.5, 0.6) is 5.75 Å². The molecule has 1 aromatic rings. The summed E-state index contributed by atoms with van der Waals surface area (Å²) in [4.78, 5) is 12.5. The van der Waals surface area contributed by atoms with Crippen molar-refractivity contribution in [2.45, 2.75) is 71.3 Å². The Kier molecular flexibility index (Phi) is 7.58. The van der Waals surface area contributed by atoms with Crippen molar-refractivity contribution in [2.24, 2.45) is 22.7 Å². The molecule has 0 radical (unpaired) electrons. The SMILES string of the molecule is C=CC(=C)CC[C@@H]1[C@]2(C)CCC[C@@](C)(COC(=O)C=Cc3ccc(O)cc3)[C@H]2CC[C@@]1(C)O. The summed E-state index contributed by atoms with van der Waals surface area (Å²) < 4.78 is 5.76. The van der Waals surface area contributed by atoms with Crippen molar-refractivity contribution < 1.29 is 19.7 Å². The third-order valence-corrected chi connectivity index (χ3v) is 8.48. The number of hydrogen-bond acceptors (Lipinski definition) is 4. The molecule has 5 atom stereocenters. The summed E-state index contributed by atoms with van der Waals surface area (Å²) in [5.41, 5.74) is 1.03. The lowest BCUT2D eigenvalue weighted by Crippen LogP contribution is -2.59. The Hall–Kier alpha value is -2.33. The normalized spacial score (nSPS) is 33.9. The number of esters is 1. The summed E-state index contributed by atoms with van der Waals surface area (Å²) >= 11 is 0. The van der Waals surface area contributed by atoms with Gasteiger partial charge >= 0.3 is 5.97 Å². The maximum Gasteiger partial charge on any atom is 0.330 e. The van der Waals surface area contributed by atoms with E-state index in [0.29, 0.717) is 12.5 Å². The zero-order chi connectivity index (χ0) is 24.3. The van der Waals surface area contributed by atoms with Gasteiger partial charge in [0, 0.05) is 11.5 Å². The fraction of sp³-hybridized carbons (Fsp3) is 0.552. The van der Waals surface area contributed by atoms with Crippen molar-refractivity contribution in [1.29, 1.82) is 0 Å². The minimum atomic E-state index is -0.700. The molecule has 0 saturated heterocycles. The van der Waals surface area contributed by atoms with E-state index in [1.54, 1.807) is 30.3 Å². The lowest BCUT2D eigenvalue weighted by molar-refractivity contribution is -0.185. The van der Waals surface area contributed by atoms with Gasteiger partial charge in [-0.2, -0.15) is 0 Å². The van der Waals surface area contributed by atoms with E-state index in [0.717, 1.165) is 56.1 Å². The van der Waals surface area contributed by atoms with Crippen LogP contribution in [0, 0.1) is 22.7 Å². The molecular weight excluding hydrogens is 412 g/mol. The van der Waals surface area contributed by atoms with Crippen LogP contribution < -0.4 is 0 Å².